The molecular weight excluding hydrogens is 481 g/mol. The fraction of sp³-hybridized carbons (Fsp3) is 0.185. The number of pyridine rings is 1. The fourth-order valence-electron chi connectivity index (χ4n) is 4.52. The molecule has 0 atom stereocenters. The molecule has 0 unspecified atom stereocenters. The Hall–Kier alpha value is -3.82. The molecule has 1 aromatic heterocycles. The number of anilines is 2. The van der Waals surface area contributed by atoms with Gasteiger partial charge in [0.25, 0.3) is 0 Å². The van der Waals surface area contributed by atoms with Crippen LogP contribution < -0.4 is 4.90 Å². The van der Waals surface area contributed by atoms with Crippen LogP contribution in [0.4, 0.5) is 15.8 Å². The summed E-state index contributed by atoms with van der Waals surface area (Å²) in [6.07, 6.45) is 1.51. The van der Waals surface area contributed by atoms with Crippen LogP contribution >= 0.6 is 0 Å². The number of hydrogen-bond acceptors (Lipinski definition) is 5. The highest BCUT2D eigenvalue weighted by Crippen LogP contribution is 2.41. The molecule has 3 aromatic carbocycles. The molecule has 2 heterocycles. The van der Waals surface area contributed by atoms with Gasteiger partial charge in [0.1, 0.15) is 5.82 Å². The summed E-state index contributed by atoms with van der Waals surface area (Å²) in [6, 6.07) is 17.8. The normalized spacial score (nSPS) is 13.7. The fourth-order valence-corrected chi connectivity index (χ4v) is 5.47. The summed E-state index contributed by atoms with van der Waals surface area (Å²) >= 11 is 0. The van der Waals surface area contributed by atoms with Crippen molar-refractivity contribution < 1.29 is 22.7 Å². The minimum atomic E-state index is -3.58. The van der Waals surface area contributed by atoms with Crippen LogP contribution in [0.3, 0.4) is 0 Å². The minimum Gasteiger partial charge on any atom is -0.478 e. The number of nitrogens with zero attached hydrogens (tertiary/aromatic N) is 3. The molecule has 0 spiro atoms. The van der Waals surface area contributed by atoms with Crippen molar-refractivity contribution in [1.82, 2.24) is 9.29 Å². The highest BCUT2D eigenvalue weighted by atomic mass is 32.2. The van der Waals surface area contributed by atoms with E-state index in [1.54, 1.807) is 42.5 Å². The minimum absolute atomic E-state index is 0.155. The smallest absolute Gasteiger partial charge is 0.335 e. The molecule has 0 fully saturated rings. The number of hydrogen-bond donors (Lipinski definition) is 1. The maximum atomic E-state index is 13.7. The number of halogens is 1. The summed E-state index contributed by atoms with van der Waals surface area (Å²) in [6.45, 7) is 0.660. The first-order valence-electron chi connectivity index (χ1n) is 11.4. The molecule has 1 aliphatic heterocycles. The van der Waals surface area contributed by atoms with E-state index in [2.05, 4.69) is 4.90 Å². The summed E-state index contributed by atoms with van der Waals surface area (Å²) in [5.41, 5.74) is 4.61. The summed E-state index contributed by atoms with van der Waals surface area (Å²) in [4.78, 5) is 18.7. The van der Waals surface area contributed by atoms with Crippen molar-refractivity contribution in [3.8, 4) is 11.3 Å². The Bertz CT molecular complexity index is 1600. The monoisotopic (exact) mass is 505 g/mol. The lowest BCUT2D eigenvalue weighted by Crippen LogP contribution is -2.27. The van der Waals surface area contributed by atoms with Gasteiger partial charge in [-0.2, -0.15) is 0 Å². The average Bonchev–Trinajstić information content (AvgIpc) is 2.87. The highest BCUT2D eigenvalue weighted by Gasteiger charge is 2.26. The van der Waals surface area contributed by atoms with E-state index in [4.69, 9.17) is 4.98 Å². The van der Waals surface area contributed by atoms with E-state index < -0.39 is 16.0 Å². The highest BCUT2D eigenvalue weighted by molar-refractivity contribution is 7.89. The van der Waals surface area contributed by atoms with E-state index in [1.807, 2.05) is 6.07 Å². The van der Waals surface area contributed by atoms with Crippen LogP contribution in [0.5, 0.6) is 0 Å². The van der Waals surface area contributed by atoms with E-state index in [9.17, 15) is 22.7 Å². The van der Waals surface area contributed by atoms with Crippen LogP contribution in [0.15, 0.2) is 71.6 Å². The number of aromatic nitrogens is 1. The third kappa shape index (κ3) is 4.20. The van der Waals surface area contributed by atoms with Gasteiger partial charge in [0.05, 0.1) is 27.4 Å². The third-order valence-electron chi connectivity index (χ3n) is 6.40. The Morgan fingerprint density at radius 1 is 1.00 bits per heavy atom. The Labute approximate surface area is 208 Å². The Morgan fingerprint density at radius 2 is 1.75 bits per heavy atom. The van der Waals surface area contributed by atoms with Gasteiger partial charge in [-0.15, -0.1) is 0 Å². The molecule has 0 bridgehead atoms. The molecule has 9 heteroatoms. The van der Waals surface area contributed by atoms with E-state index in [1.165, 1.54) is 36.6 Å². The number of sulfonamides is 1. The summed E-state index contributed by atoms with van der Waals surface area (Å²) in [5.74, 6) is -1.39. The van der Waals surface area contributed by atoms with Crippen LogP contribution in [0.1, 0.15) is 22.3 Å². The molecule has 0 saturated carbocycles. The number of carboxylic acid groups (broad SMARTS) is 1. The Balaban J connectivity index is 1.71. The average molecular weight is 506 g/mol. The van der Waals surface area contributed by atoms with Crippen LogP contribution in [0.25, 0.3) is 22.2 Å². The molecule has 0 amide bonds. The predicted octanol–water partition coefficient (Wildman–Crippen LogP) is 5.07. The first kappa shape index (κ1) is 23.9. The topological polar surface area (TPSA) is 90.8 Å². The molecule has 0 saturated heterocycles. The molecule has 5 rings (SSSR count). The molecular formula is C27H24FN3O4S. The first-order valence-corrected chi connectivity index (χ1v) is 12.9. The number of carboxylic acids is 1. The van der Waals surface area contributed by atoms with Crippen LogP contribution in [0, 0.1) is 5.82 Å². The largest absolute Gasteiger partial charge is 0.478 e. The second-order valence-electron chi connectivity index (χ2n) is 8.91. The molecule has 0 aliphatic carbocycles. The zero-order valence-corrected chi connectivity index (χ0v) is 20.6. The molecule has 4 aromatic rings. The van der Waals surface area contributed by atoms with E-state index in [-0.39, 0.29) is 16.3 Å². The number of benzene rings is 3. The van der Waals surface area contributed by atoms with Gasteiger partial charge >= 0.3 is 5.97 Å². The van der Waals surface area contributed by atoms with Crippen molar-refractivity contribution in [2.45, 2.75) is 17.7 Å². The maximum Gasteiger partial charge on any atom is 0.335 e. The summed E-state index contributed by atoms with van der Waals surface area (Å²) < 4.78 is 40.3. The lowest BCUT2D eigenvalue weighted by molar-refractivity contribution is 0.0697. The zero-order valence-electron chi connectivity index (χ0n) is 19.8. The molecule has 1 N–H and O–H groups in total. The Morgan fingerprint density at radius 3 is 2.44 bits per heavy atom. The number of aryl methyl sites for hydroxylation is 1. The van der Waals surface area contributed by atoms with Gasteiger partial charge in [-0.25, -0.2) is 26.9 Å². The van der Waals surface area contributed by atoms with Gasteiger partial charge in [0.15, 0.2) is 0 Å². The number of rotatable bonds is 5. The van der Waals surface area contributed by atoms with Gasteiger partial charge in [-0.05, 0) is 85.1 Å². The summed E-state index contributed by atoms with van der Waals surface area (Å²) in [7, 11) is -0.574. The SMILES string of the molecule is CN(C)S(=O)(=O)c1ccc2c(c1)CCCN2c1cc2cc(C(=O)O)ccc2nc1-c1ccc(F)cc1. The molecule has 1 aliphatic rings. The Kier molecular flexibility index (Phi) is 5.97. The predicted molar refractivity (Wildman–Crippen MR) is 137 cm³/mol. The molecule has 36 heavy (non-hydrogen) atoms. The van der Waals surface area contributed by atoms with Crippen molar-refractivity contribution in [2.24, 2.45) is 0 Å². The third-order valence-corrected chi connectivity index (χ3v) is 8.21. The molecule has 0 radical (unpaired) electrons. The maximum absolute atomic E-state index is 13.7. The summed E-state index contributed by atoms with van der Waals surface area (Å²) in [5, 5.41) is 10.1. The van der Waals surface area contributed by atoms with Crippen LogP contribution in [-0.4, -0.2) is 49.4 Å². The first-order chi connectivity index (χ1) is 17.1. The quantitative estimate of drug-likeness (QED) is 0.407. The van der Waals surface area contributed by atoms with Crippen molar-refractivity contribution in [3.05, 3.63) is 83.7 Å². The van der Waals surface area contributed by atoms with Gasteiger partial charge in [0, 0.05) is 37.3 Å². The zero-order chi connectivity index (χ0) is 25.6. The lowest BCUT2D eigenvalue weighted by Gasteiger charge is -2.33. The van der Waals surface area contributed by atoms with Crippen molar-refractivity contribution in [3.63, 3.8) is 0 Å². The second kappa shape index (κ2) is 9.00. The van der Waals surface area contributed by atoms with Gasteiger partial charge in [-0.1, -0.05) is 0 Å². The number of aromatic carboxylic acids is 1. The van der Waals surface area contributed by atoms with E-state index in [0.29, 0.717) is 23.1 Å². The number of fused-ring (bicyclic) bond motifs is 2. The van der Waals surface area contributed by atoms with Crippen LogP contribution in [-0.2, 0) is 16.4 Å². The standard InChI is InChI=1S/C27H24FN3O4S/c1-30(2)36(34,35)22-10-12-24-18(15-22)4-3-13-31(24)25-16-20-14-19(27(32)33)7-11-23(20)29-26(25)17-5-8-21(28)9-6-17/h5-12,14-16H,3-4,13H2,1-2H3,(H,32,33). The van der Waals surface area contributed by atoms with Crippen molar-refractivity contribution >= 4 is 38.3 Å². The van der Waals surface area contributed by atoms with Gasteiger partial charge < -0.3 is 10.0 Å². The lowest BCUT2D eigenvalue weighted by atomic mass is 9.98. The number of carbonyl (C=O) groups is 1. The van der Waals surface area contributed by atoms with Crippen molar-refractivity contribution in [1.29, 1.82) is 0 Å². The van der Waals surface area contributed by atoms with E-state index >= 15 is 0 Å². The van der Waals surface area contributed by atoms with Crippen molar-refractivity contribution in [2.75, 3.05) is 25.5 Å². The van der Waals surface area contributed by atoms with Crippen LogP contribution in [0.2, 0.25) is 0 Å². The molecule has 7 nitrogen and oxygen atoms in total. The van der Waals surface area contributed by atoms with E-state index in [0.717, 1.165) is 35.3 Å². The second-order valence-corrected chi connectivity index (χ2v) is 11.1. The van der Waals surface area contributed by atoms with Gasteiger partial charge in [-0.3, -0.25) is 0 Å². The molecule has 184 valence electrons. The van der Waals surface area contributed by atoms with Gasteiger partial charge in [0.2, 0.25) is 10.0 Å².